The molecule has 0 spiro atoms. The van der Waals surface area contributed by atoms with Gasteiger partial charge in [-0.15, -0.1) is 0 Å². The van der Waals surface area contributed by atoms with E-state index in [2.05, 4.69) is 17.0 Å². The van der Waals surface area contributed by atoms with Crippen LogP contribution in [0, 0.1) is 19.7 Å². The average molecular weight is 520 g/mol. The number of aliphatic hydroxyl groups excluding tert-OH is 1. The van der Waals surface area contributed by atoms with Gasteiger partial charge in [0.15, 0.2) is 0 Å². The summed E-state index contributed by atoms with van der Waals surface area (Å²) in [6.45, 7) is 9.28. The highest BCUT2D eigenvalue weighted by Gasteiger charge is 2.27. The first-order chi connectivity index (χ1) is 17.2. The van der Waals surface area contributed by atoms with Crippen LogP contribution in [0.3, 0.4) is 0 Å². The zero-order valence-corrected chi connectivity index (χ0v) is 22.6. The molecule has 1 aliphatic rings. The van der Waals surface area contributed by atoms with Gasteiger partial charge in [0.25, 0.3) is 0 Å². The summed E-state index contributed by atoms with van der Waals surface area (Å²) in [5.41, 5.74) is 4.37. The number of hydrogen-bond acceptors (Lipinski definition) is 5. The molecule has 2 aromatic rings. The quantitative estimate of drug-likeness (QED) is 0.362. The first kappa shape index (κ1) is 28.6. The Morgan fingerprint density at radius 2 is 2.03 bits per heavy atom. The van der Waals surface area contributed by atoms with Crippen molar-refractivity contribution >= 4 is 17.6 Å². The number of carbonyl (C=O) groups is 1. The van der Waals surface area contributed by atoms with Gasteiger partial charge in [0.1, 0.15) is 5.82 Å². The number of benzene rings is 2. The molecular formula is C29H39ClFNO4. The van der Waals surface area contributed by atoms with Crippen molar-refractivity contribution < 1.29 is 23.8 Å². The van der Waals surface area contributed by atoms with Crippen molar-refractivity contribution in [2.75, 3.05) is 26.3 Å². The van der Waals surface area contributed by atoms with Gasteiger partial charge in [0.05, 0.1) is 25.4 Å². The maximum Gasteiger partial charge on any atom is 0.306 e. The van der Waals surface area contributed by atoms with Crippen molar-refractivity contribution in [1.29, 1.82) is 0 Å². The van der Waals surface area contributed by atoms with Gasteiger partial charge in [-0.3, -0.25) is 9.69 Å². The van der Waals surface area contributed by atoms with Crippen LogP contribution in [0.5, 0.6) is 0 Å². The van der Waals surface area contributed by atoms with Crippen molar-refractivity contribution in [2.24, 2.45) is 0 Å². The Kier molecular flexibility index (Phi) is 10.7. The molecule has 0 aliphatic carbocycles. The largest absolute Gasteiger partial charge is 0.466 e. The highest BCUT2D eigenvalue weighted by molar-refractivity contribution is 6.31. The van der Waals surface area contributed by atoms with E-state index in [1.165, 1.54) is 11.6 Å². The molecule has 1 saturated heterocycles. The minimum absolute atomic E-state index is 0.146. The first-order valence-electron chi connectivity index (χ1n) is 12.9. The number of aryl methyl sites for hydroxylation is 3. The molecule has 0 saturated carbocycles. The van der Waals surface area contributed by atoms with Crippen molar-refractivity contribution in [2.45, 2.75) is 78.0 Å². The Bertz CT molecular complexity index is 1030. The SMILES string of the molecule is CCOC(=O)CCc1cc(C)c(F)cc1[C@@H](C)OC[C@H](O)CN1CCC[C@H]1Cc1ccc(C)c(Cl)c1. The van der Waals surface area contributed by atoms with Crippen LogP contribution in [-0.2, 0) is 27.1 Å². The van der Waals surface area contributed by atoms with Gasteiger partial charge in [-0.05, 0) is 99.9 Å². The molecule has 1 N–H and O–H groups in total. The third-order valence-corrected chi connectivity index (χ3v) is 7.36. The molecule has 0 aromatic heterocycles. The summed E-state index contributed by atoms with van der Waals surface area (Å²) < 4.78 is 25.4. The van der Waals surface area contributed by atoms with E-state index in [1.54, 1.807) is 19.9 Å². The molecule has 0 unspecified atom stereocenters. The Morgan fingerprint density at radius 3 is 2.75 bits per heavy atom. The minimum atomic E-state index is -0.659. The van der Waals surface area contributed by atoms with Crippen LogP contribution in [0.2, 0.25) is 5.02 Å². The fraction of sp³-hybridized carbons (Fsp3) is 0.552. The lowest BCUT2D eigenvalue weighted by atomic mass is 9.96. The second-order valence-electron chi connectivity index (χ2n) is 9.81. The van der Waals surface area contributed by atoms with Gasteiger partial charge < -0.3 is 14.6 Å². The van der Waals surface area contributed by atoms with E-state index in [4.69, 9.17) is 21.1 Å². The summed E-state index contributed by atoms with van der Waals surface area (Å²) >= 11 is 6.30. The van der Waals surface area contributed by atoms with Crippen LogP contribution in [0.4, 0.5) is 4.39 Å². The van der Waals surface area contributed by atoms with E-state index < -0.39 is 12.2 Å². The number of aliphatic hydroxyl groups is 1. The van der Waals surface area contributed by atoms with E-state index in [0.29, 0.717) is 36.7 Å². The van der Waals surface area contributed by atoms with Gasteiger partial charge in [-0.2, -0.15) is 0 Å². The number of rotatable bonds is 12. The monoisotopic (exact) mass is 519 g/mol. The Morgan fingerprint density at radius 1 is 1.25 bits per heavy atom. The number of ether oxygens (including phenoxy) is 2. The maximum atomic E-state index is 14.4. The van der Waals surface area contributed by atoms with Crippen LogP contribution in [0.25, 0.3) is 0 Å². The Labute approximate surface area is 219 Å². The third kappa shape index (κ3) is 8.01. The zero-order valence-electron chi connectivity index (χ0n) is 21.9. The molecule has 0 amide bonds. The normalized spacial score (nSPS) is 17.8. The van der Waals surface area contributed by atoms with E-state index >= 15 is 0 Å². The van der Waals surface area contributed by atoms with Crippen LogP contribution >= 0.6 is 11.6 Å². The second kappa shape index (κ2) is 13.5. The molecule has 1 fully saturated rings. The fourth-order valence-corrected chi connectivity index (χ4v) is 5.10. The second-order valence-corrected chi connectivity index (χ2v) is 10.2. The molecular weight excluding hydrogens is 481 g/mol. The molecule has 5 nitrogen and oxygen atoms in total. The van der Waals surface area contributed by atoms with Gasteiger partial charge in [-0.25, -0.2) is 4.39 Å². The van der Waals surface area contributed by atoms with Gasteiger partial charge in [0, 0.05) is 24.0 Å². The molecule has 1 aliphatic heterocycles. The summed E-state index contributed by atoms with van der Waals surface area (Å²) in [6, 6.07) is 9.82. The molecule has 36 heavy (non-hydrogen) atoms. The fourth-order valence-electron chi connectivity index (χ4n) is 4.89. The van der Waals surface area contributed by atoms with Gasteiger partial charge in [-0.1, -0.05) is 29.8 Å². The maximum absolute atomic E-state index is 14.4. The van der Waals surface area contributed by atoms with Gasteiger partial charge >= 0.3 is 5.97 Å². The van der Waals surface area contributed by atoms with Crippen LogP contribution in [0.1, 0.15) is 67.0 Å². The Hall–Kier alpha value is -1.99. The summed E-state index contributed by atoms with van der Waals surface area (Å²) in [6.07, 6.45) is 2.68. The number of carbonyl (C=O) groups excluding carboxylic acids is 1. The molecule has 0 radical (unpaired) electrons. The molecule has 3 rings (SSSR count). The molecule has 7 heteroatoms. The summed E-state index contributed by atoms with van der Waals surface area (Å²) in [4.78, 5) is 14.2. The Balaban J connectivity index is 1.56. The lowest BCUT2D eigenvalue weighted by molar-refractivity contribution is -0.143. The first-order valence-corrected chi connectivity index (χ1v) is 13.3. The molecule has 1 heterocycles. The molecule has 3 atom stereocenters. The van der Waals surface area contributed by atoms with Crippen molar-refractivity contribution in [3.05, 3.63) is 69.0 Å². The number of β-amino-alcohol motifs (C(OH)–C–C–N with tert-alkyl or cyclic N) is 1. The lowest BCUT2D eigenvalue weighted by Gasteiger charge is -2.28. The van der Waals surface area contributed by atoms with Crippen LogP contribution in [-0.4, -0.2) is 54.4 Å². The number of likely N-dealkylation sites (tertiary alicyclic amines) is 1. The van der Waals surface area contributed by atoms with Crippen LogP contribution < -0.4 is 0 Å². The smallest absolute Gasteiger partial charge is 0.306 e. The van der Waals surface area contributed by atoms with E-state index in [1.807, 2.05) is 19.9 Å². The van der Waals surface area contributed by atoms with Gasteiger partial charge in [0.2, 0.25) is 0 Å². The van der Waals surface area contributed by atoms with E-state index in [9.17, 15) is 14.3 Å². The third-order valence-electron chi connectivity index (χ3n) is 6.95. The standard InChI is InChI=1S/C29H39ClFNO4/c1-5-35-29(34)11-10-23-13-20(3)28(31)16-26(23)21(4)36-18-25(33)17-32-12-6-7-24(32)14-22-9-8-19(2)27(30)15-22/h8-9,13,15-16,21,24-25,33H,5-7,10-12,14,17-18H2,1-4H3/t21-,24+,25-/m1/s1. The van der Waals surface area contributed by atoms with E-state index in [-0.39, 0.29) is 24.8 Å². The molecule has 2 aromatic carbocycles. The predicted octanol–water partition coefficient (Wildman–Crippen LogP) is 5.74. The number of hydrogen-bond donors (Lipinski definition) is 1. The molecule has 198 valence electrons. The highest BCUT2D eigenvalue weighted by Crippen LogP contribution is 2.27. The lowest BCUT2D eigenvalue weighted by Crippen LogP contribution is -2.39. The van der Waals surface area contributed by atoms with Crippen molar-refractivity contribution in [3.63, 3.8) is 0 Å². The van der Waals surface area contributed by atoms with Crippen LogP contribution in [0.15, 0.2) is 30.3 Å². The van der Waals surface area contributed by atoms with Crippen molar-refractivity contribution in [1.82, 2.24) is 4.90 Å². The highest BCUT2D eigenvalue weighted by atomic mass is 35.5. The average Bonchev–Trinajstić information content (AvgIpc) is 3.26. The number of esters is 1. The topological polar surface area (TPSA) is 59.0 Å². The summed E-state index contributed by atoms with van der Waals surface area (Å²) in [5.74, 6) is -0.584. The summed E-state index contributed by atoms with van der Waals surface area (Å²) in [7, 11) is 0. The number of nitrogens with zero attached hydrogens (tertiary/aromatic N) is 1. The summed E-state index contributed by atoms with van der Waals surface area (Å²) in [5, 5.41) is 11.5. The minimum Gasteiger partial charge on any atom is -0.466 e. The van der Waals surface area contributed by atoms with Crippen molar-refractivity contribution in [3.8, 4) is 0 Å². The predicted molar refractivity (Wildman–Crippen MR) is 141 cm³/mol. The zero-order chi connectivity index (χ0) is 26.2. The van der Waals surface area contributed by atoms with E-state index in [0.717, 1.165) is 42.0 Å². The number of halogens is 2. The molecule has 0 bridgehead atoms.